The first-order valence-electron chi connectivity index (χ1n) is 5.99. The van der Waals surface area contributed by atoms with Gasteiger partial charge in [0.15, 0.2) is 0 Å². The van der Waals surface area contributed by atoms with Crippen LogP contribution < -0.4 is 5.32 Å². The summed E-state index contributed by atoms with van der Waals surface area (Å²) in [5.41, 5.74) is 0.997. The number of ether oxygens (including phenoxy) is 1. The molecule has 0 aliphatic heterocycles. The van der Waals surface area contributed by atoms with Gasteiger partial charge in [-0.3, -0.25) is 0 Å². The monoisotopic (exact) mass is 237 g/mol. The van der Waals surface area contributed by atoms with Crippen LogP contribution in [0.3, 0.4) is 0 Å². The fourth-order valence-corrected chi connectivity index (χ4v) is 1.74. The molecular formula is C14H20FNO. The van der Waals surface area contributed by atoms with Gasteiger partial charge in [-0.15, -0.1) is 0 Å². The fourth-order valence-electron chi connectivity index (χ4n) is 1.74. The molecule has 0 aromatic heterocycles. The molecule has 0 radical (unpaired) electrons. The molecule has 1 rings (SSSR count). The Hall–Kier alpha value is -1.35. The predicted octanol–water partition coefficient (Wildman–Crippen LogP) is 3.42. The summed E-state index contributed by atoms with van der Waals surface area (Å²) in [7, 11) is 0. The normalized spacial score (nSPS) is 12.1. The van der Waals surface area contributed by atoms with Crippen molar-refractivity contribution in [3.8, 4) is 0 Å². The number of benzene rings is 1. The number of hydrogen-bond acceptors (Lipinski definition) is 2. The quantitative estimate of drug-likeness (QED) is 0.552. The second kappa shape index (κ2) is 7.85. The van der Waals surface area contributed by atoms with E-state index in [4.69, 9.17) is 4.74 Å². The Labute approximate surface area is 102 Å². The highest BCUT2D eigenvalue weighted by Crippen LogP contribution is 2.17. The zero-order valence-corrected chi connectivity index (χ0v) is 10.3. The molecule has 3 heteroatoms. The number of rotatable bonds is 8. The van der Waals surface area contributed by atoms with E-state index in [1.807, 2.05) is 6.07 Å². The van der Waals surface area contributed by atoms with Gasteiger partial charge in [0.25, 0.3) is 0 Å². The van der Waals surface area contributed by atoms with E-state index < -0.39 is 0 Å². The minimum absolute atomic E-state index is 0.183. The second-order valence-corrected chi connectivity index (χ2v) is 3.86. The fraction of sp³-hybridized carbons (Fsp3) is 0.429. The average molecular weight is 237 g/mol. The molecule has 0 heterocycles. The van der Waals surface area contributed by atoms with E-state index in [0.717, 1.165) is 24.9 Å². The summed E-state index contributed by atoms with van der Waals surface area (Å²) in [5, 5.41) is 3.39. The summed E-state index contributed by atoms with van der Waals surface area (Å²) in [6.45, 7) is 7.08. The van der Waals surface area contributed by atoms with Gasteiger partial charge in [-0.2, -0.15) is 0 Å². The van der Waals surface area contributed by atoms with Crippen molar-refractivity contribution in [3.63, 3.8) is 0 Å². The van der Waals surface area contributed by atoms with Crippen LogP contribution in [0.1, 0.15) is 31.4 Å². The maximum atomic E-state index is 13.1. The van der Waals surface area contributed by atoms with Crippen LogP contribution in [0.5, 0.6) is 0 Å². The summed E-state index contributed by atoms with van der Waals surface area (Å²) in [5.74, 6) is -0.183. The third-order valence-electron chi connectivity index (χ3n) is 2.61. The van der Waals surface area contributed by atoms with Crippen LogP contribution in [0, 0.1) is 5.82 Å². The number of nitrogens with one attached hydrogen (secondary N) is 1. The molecule has 0 saturated heterocycles. The lowest BCUT2D eigenvalue weighted by Crippen LogP contribution is -2.22. The van der Waals surface area contributed by atoms with Crippen LogP contribution >= 0.6 is 0 Å². The van der Waals surface area contributed by atoms with Crippen molar-refractivity contribution < 1.29 is 9.13 Å². The summed E-state index contributed by atoms with van der Waals surface area (Å²) in [6, 6.07) is 6.95. The summed E-state index contributed by atoms with van der Waals surface area (Å²) in [4.78, 5) is 0. The van der Waals surface area contributed by atoms with E-state index in [9.17, 15) is 4.39 Å². The Balaban J connectivity index is 2.40. The van der Waals surface area contributed by atoms with E-state index in [-0.39, 0.29) is 11.9 Å². The number of hydrogen-bond donors (Lipinski definition) is 1. The van der Waals surface area contributed by atoms with Gasteiger partial charge in [0.1, 0.15) is 5.82 Å². The molecule has 17 heavy (non-hydrogen) atoms. The van der Waals surface area contributed by atoms with Crippen molar-refractivity contribution >= 4 is 0 Å². The van der Waals surface area contributed by atoms with Gasteiger partial charge in [-0.05, 0) is 37.1 Å². The van der Waals surface area contributed by atoms with Crippen molar-refractivity contribution in [2.45, 2.75) is 25.8 Å². The van der Waals surface area contributed by atoms with Gasteiger partial charge in [-0.1, -0.05) is 25.6 Å². The standard InChI is InChI=1S/C14H20FNO/c1-3-14(16-9-6-10-17-4-2)12-7-5-8-13(15)11-12/h4-5,7-8,11,14,16H,2-3,6,9-10H2,1H3. The predicted molar refractivity (Wildman–Crippen MR) is 68.2 cm³/mol. The molecule has 0 bridgehead atoms. The second-order valence-electron chi connectivity index (χ2n) is 3.86. The van der Waals surface area contributed by atoms with Gasteiger partial charge >= 0.3 is 0 Å². The Morgan fingerprint density at radius 1 is 1.53 bits per heavy atom. The molecule has 1 unspecified atom stereocenters. The smallest absolute Gasteiger partial charge is 0.123 e. The van der Waals surface area contributed by atoms with E-state index in [2.05, 4.69) is 18.8 Å². The SMILES string of the molecule is C=COCCCNC(CC)c1cccc(F)c1. The lowest BCUT2D eigenvalue weighted by molar-refractivity contribution is 0.242. The Morgan fingerprint density at radius 2 is 2.35 bits per heavy atom. The highest BCUT2D eigenvalue weighted by Gasteiger charge is 2.08. The number of halogens is 1. The topological polar surface area (TPSA) is 21.3 Å². The van der Waals surface area contributed by atoms with E-state index in [0.29, 0.717) is 6.61 Å². The molecule has 94 valence electrons. The molecule has 1 aromatic rings. The van der Waals surface area contributed by atoms with E-state index in [1.165, 1.54) is 12.3 Å². The molecule has 1 atom stereocenters. The van der Waals surface area contributed by atoms with Crippen LogP contribution in [0.15, 0.2) is 37.1 Å². The lowest BCUT2D eigenvalue weighted by atomic mass is 10.0. The molecule has 1 aromatic carbocycles. The van der Waals surface area contributed by atoms with Crippen LogP contribution in [-0.2, 0) is 4.74 Å². The maximum Gasteiger partial charge on any atom is 0.123 e. The Morgan fingerprint density at radius 3 is 3.00 bits per heavy atom. The summed E-state index contributed by atoms with van der Waals surface area (Å²) in [6.07, 6.45) is 3.30. The minimum atomic E-state index is -0.183. The lowest BCUT2D eigenvalue weighted by Gasteiger charge is -2.17. The molecule has 0 saturated carbocycles. The largest absolute Gasteiger partial charge is 0.502 e. The van der Waals surface area contributed by atoms with Gasteiger partial charge < -0.3 is 10.1 Å². The minimum Gasteiger partial charge on any atom is -0.502 e. The summed E-state index contributed by atoms with van der Waals surface area (Å²) >= 11 is 0. The molecule has 0 aliphatic carbocycles. The molecule has 0 spiro atoms. The highest BCUT2D eigenvalue weighted by atomic mass is 19.1. The van der Waals surface area contributed by atoms with Crippen molar-refractivity contribution in [2.24, 2.45) is 0 Å². The first-order chi connectivity index (χ1) is 8.27. The Bertz CT molecular complexity index is 341. The molecule has 0 fully saturated rings. The molecule has 1 N–H and O–H groups in total. The third-order valence-corrected chi connectivity index (χ3v) is 2.61. The van der Waals surface area contributed by atoms with Crippen molar-refractivity contribution in [1.82, 2.24) is 5.32 Å². The third kappa shape index (κ3) is 5.00. The van der Waals surface area contributed by atoms with Crippen molar-refractivity contribution in [3.05, 3.63) is 48.5 Å². The molecular weight excluding hydrogens is 217 g/mol. The van der Waals surface area contributed by atoms with Crippen molar-refractivity contribution in [2.75, 3.05) is 13.2 Å². The van der Waals surface area contributed by atoms with Crippen LogP contribution in [0.4, 0.5) is 4.39 Å². The van der Waals surface area contributed by atoms with Gasteiger partial charge in [0, 0.05) is 6.04 Å². The molecule has 0 amide bonds. The zero-order valence-electron chi connectivity index (χ0n) is 10.3. The van der Waals surface area contributed by atoms with Gasteiger partial charge in [-0.25, -0.2) is 4.39 Å². The van der Waals surface area contributed by atoms with Gasteiger partial charge in [0.05, 0.1) is 12.9 Å². The highest BCUT2D eigenvalue weighted by molar-refractivity contribution is 5.19. The van der Waals surface area contributed by atoms with Crippen LogP contribution in [0.2, 0.25) is 0 Å². The first-order valence-corrected chi connectivity index (χ1v) is 5.99. The van der Waals surface area contributed by atoms with Crippen LogP contribution in [-0.4, -0.2) is 13.2 Å². The Kier molecular flexibility index (Phi) is 6.33. The van der Waals surface area contributed by atoms with E-state index in [1.54, 1.807) is 12.1 Å². The van der Waals surface area contributed by atoms with Crippen molar-refractivity contribution in [1.29, 1.82) is 0 Å². The maximum absolute atomic E-state index is 13.1. The van der Waals surface area contributed by atoms with Crippen LogP contribution in [0.25, 0.3) is 0 Å². The molecule has 0 aliphatic rings. The van der Waals surface area contributed by atoms with Gasteiger partial charge in [0.2, 0.25) is 0 Å². The molecule has 2 nitrogen and oxygen atoms in total. The average Bonchev–Trinajstić information content (AvgIpc) is 2.34. The summed E-state index contributed by atoms with van der Waals surface area (Å²) < 4.78 is 18.1. The first kappa shape index (κ1) is 13.7. The zero-order chi connectivity index (χ0) is 12.5. The van der Waals surface area contributed by atoms with E-state index >= 15 is 0 Å².